The molecule has 1 aromatic carbocycles. The molecule has 2 aromatic rings. The molecule has 2 heteroatoms. The Balaban J connectivity index is 1.99. The summed E-state index contributed by atoms with van der Waals surface area (Å²) >= 11 is 0. The van der Waals surface area contributed by atoms with Gasteiger partial charge in [0.15, 0.2) is 0 Å². The van der Waals surface area contributed by atoms with Gasteiger partial charge in [0.05, 0.1) is 0 Å². The molecule has 0 unspecified atom stereocenters. The van der Waals surface area contributed by atoms with Crippen molar-refractivity contribution in [1.29, 1.82) is 0 Å². The summed E-state index contributed by atoms with van der Waals surface area (Å²) in [6.45, 7) is 2.23. The number of aromatic nitrogens is 1. The van der Waals surface area contributed by atoms with E-state index in [9.17, 15) is 0 Å². The molecule has 0 amide bonds. The first kappa shape index (κ1) is 10.5. The van der Waals surface area contributed by atoms with Crippen molar-refractivity contribution in [1.82, 2.24) is 9.88 Å². The van der Waals surface area contributed by atoms with E-state index in [1.54, 1.807) is 0 Å². The molecule has 0 saturated carbocycles. The van der Waals surface area contributed by atoms with E-state index in [-0.39, 0.29) is 0 Å². The number of fused-ring (bicyclic) bond motifs is 1. The minimum atomic E-state index is 1.08. The summed E-state index contributed by atoms with van der Waals surface area (Å²) in [6, 6.07) is 10.9. The first-order chi connectivity index (χ1) is 8.33. The first-order valence-electron chi connectivity index (χ1n) is 6.04. The zero-order valence-electron chi connectivity index (χ0n) is 10.1. The topological polar surface area (TPSA) is 16.1 Å². The summed E-state index contributed by atoms with van der Waals surface area (Å²) in [5.41, 5.74) is 5.52. The van der Waals surface area contributed by atoms with Gasteiger partial charge in [-0.25, -0.2) is 0 Å². The average Bonchev–Trinajstić information content (AvgIpc) is 2.39. The first-order valence-corrected chi connectivity index (χ1v) is 6.04. The zero-order chi connectivity index (χ0) is 11.7. The monoisotopic (exact) mass is 224 g/mol. The van der Waals surface area contributed by atoms with Crippen molar-refractivity contribution in [3.63, 3.8) is 0 Å². The lowest BCUT2D eigenvalue weighted by Gasteiger charge is -2.25. The SMILES string of the molecule is CN1CCc2cc(-c3ccncc3)ccc2C1. The van der Waals surface area contributed by atoms with Gasteiger partial charge in [-0.2, -0.15) is 0 Å². The second-order valence-corrected chi connectivity index (χ2v) is 4.71. The number of rotatable bonds is 1. The molecule has 1 aliphatic heterocycles. The van der Waals surface area contributed by atoms with Crippen LogP contribution in [0.3, 0.4) is 0 Å². The highest BCUT2D eigenvalue weighted by molar-refractivity contribution is 5.64. The molecule has 1 aliphatic rings. The van der Waals surface area contributed by atoms with Crippen LogP contribution in [0.15, 0.2) is 42.7 Å². The van der Waals surface area contributed by atoms with Crippen LogP contribution >= 0.6 is 0 Å². The Morgan fingerprint density at radius 1 is 1.00 bits per heavy atom. The minimum absolute atomic E-state index is 1.08. The average molecular weight is 224 g/mol. The van der Waals surface area contributed by atoms with E-state index in [4.69, 9.17) is 0 Å². The number of pyridine rings is 1. The fourth-order valence-corrected chi connectivity index (χ4v) is 2.42. The van der Waals surface area contributed by atoms with Gasteiger partial charge in [0.2, 0.25) is 0 Å². The van der Waals surface area contributed by atoms with E-state index in [2.05, 4.69) is 47.3 Å². The van der Waals surface area contributed by atoms with Gasteiger partial charge >= 0.3 is 0 Å². The molecule has 3 rings (SSSR count). The largest absolute Gasteiger partial charge is 0.302 e. The maximum atomic E-state index is 4.06. The predicted molar refractivity (Wildman–Crippen MR) is 69.7 cm³/mol. The summed E-state index contributed by atoms with van der Waals surface area (Å²) in [5, 5.41) is 0. The highest BCUT2D eigenvalue weighted by atomic mass is 15.1. The van der Waals surface area contributed by atoms with E-state index < -0.39 is 0 Å². The molecular formula is C15H16N2. The van der Waals surface area contributed by atoms with E-state index in [0.29, 0.717) is 0 Å². The minimum Gasteiger partial charge on any atom is -0.302 e. The number of hydrogen-bond acceptors (Lipinski definition) is 2. The third-order valence-electron chi connectivity index (χ3n) is 3.42. The molecule has 86 valence electrons. The van der Waals surface area contributed by atoms with Crippen LogP contribution in [-0.4, -0.2) is 23.5 Å². The molecule has 17 heavy (non-hydrogen) atoms. The summed E-state index contributed by atoms with van der Waals surface area (Å²) in [5.74, 6) is 0. The van der Waals surface area contributed by atoms with Crippen LogP contribution in [0.2, 0.25) is 0 Å². The van der Waals surface area contributed by atoms with Gasteiger partial charge in [0.1, 0.15) is 0 Å². The molecule has 0 bridgehead atoms. The summed E-state index contributed by atoms with van der Waals surface area (Å²) < 4.78 is 0. The normalized spacial score (nSPS) is 15.6. The van der Waals surface area contributed by atoms with Gasteiger partial charge < -0.3 is 4.90 Å². The number of benzene rings is 1. The maximum absolute atomic E-state index is 4.06. The van der Waals surface area contributed by atoms with Gasteiger partial charge in [0.25, 0.3) is 0 Å². The fourth-order valence-electron chi connectivity index (χ4n) is 2.42. The van der Waals surface area contributed by atoms with Crippen LogP contribution in [0.1, 0.15) is 11.1 Å². The molecule has 0 atom stereocenters. The van der Waals surface area contributed by atoms with Gasteiger partial charge in [0, 0.05) is 25.5 Å². The standard InChI is InChI=1S/C15H16N2/c1-17-9-6-14-10-13(2-3-15(14)11-17)12-4-7-16-8-5-12/h2-5,7-8,10H,6,9,11H2,1H3. The molecule has 1 aromatic heterocycles. The van der Waals surface area contributed by atoms with Crippen molar-refractivity contribution in [3.8, 4) is 11.1 Å². The fraction of sp³-hybridized carbons (Fsp3) is 0.267. The van der Waals surface area contributed by atoms with E-state index in [1.807, 2.05) is 12.4 Å². The number of likely N-dealkylation sites (N-methyl/N-ethyl adjacent to an activating group) is 1. The molecule has 0 aliphatic carbocycles. The Morgan fingerprint density at radius 2 is 1.82 bits per heavy atom. The lowest BCUT2D eigenvalue weighted by Crippen LogP contribution is -2.26. The van der Waals surface area contributed by atoms with Gasteiger partial charge in [-0.05, 0) is 47.9 Å². The molecular weight excluding hydrogens is 208 g/mol. The van der Waals surface area contributed by atoms with Crippen molar-refractivity contribution in [3.05, 3.63) is 53.9 Å². The second-order valence-electron chi connectivity index (χ2n) is 4.71. The summed E-state index contributed by atoms with van der Waals surface area (Å²) in [6.07, 6.45) is 4.86. The third-order valence-corrected chi connectivity index (χ3v) is 3.42. The molecule has 0 saturated heterocycles. The Hall–Kier alpha value is -1.67. The van der Waals surface area contributed by atoms with Crippen LogP contribution in [-0.2, 0) is 13.0 Å². The predicted octanol–water partition coefficient (Wildman–Crippen LogP) is 2.74. The molecule has 2 heterocycles. The molecule has 0 radical (unpaired) electrons. The quantitative estimate of drug-likeness (QED) is 0.740. The lowest BCUT2D eigenvalue weighted by atomic mass is 9.95. The highest BCUT2D eigenvalue weighted by Crippen LogP contribution is 2.25. The van der Waals surface area contributed by atoms with Crippen LogP contribution in [0.25, 0.3) is 11.1 Å². The molecule has 2 nitrogen and oxygen atoms in total. The van der Waals surface area contributed by atoms with Crippen LogP contribution in [0.4, 0.5) is 0 Å². The van der Waals surface area contributed by atoms with Gasteiger partial charge in [-0.1, -0.05) is 18.2 Å². The lowest BCUT2D eigenvalue weighted by molar-refractivity contribution is 0.313. The number of hydrogen-bond donors (Lipinski definition) is 0. The van der Waals surface area contributed by atoms with E-state index in [1.165, 1.54) is 22.3 Å². The van der Waals surface area contributed by atoms with Gasteiger partial charge in [-0.3, -0.25) is 4.98 Å². The third kappa shape index (κ3) is 2.08. The Kier molecular flexibility index (Phi) is 2.65. The van der Waals surface area contributed by atoms with E-state index >= 15 is 0 Å². The zero-order valence-corrected chi connectivity index (χ0v) is 10.1. The molecule has 0 spiro atoms. The Morgan fingerprint density at radius 3 is 2.65 bits per heavy atom. The van der Waals surface area contributed by atoms with Crippen molar-refractivity contribution in [2.75, 3.05) is 13.6 Å². The second kappa shape index (κ2) is 4.30. The maximum Gasteiger partial charge on any atom is 0.0273 e. The number of nitrogens with zero attached hydrogens (tertiary/aromatic N) is 2. The Bertz CT molecular complexity index is 520. The van der Waals surface area contributed by atoms with Crippen molar-refractivity contribution >= 4 is 0 Å². The van der Waals surface area contributed by atoms with Crippen molar-refractivity contribution < 1.29 is 0 Å². The van der Waals surface area contributed by atoms with Gasteiger partial charge in [-0.15, -0.1) is 0 Å². The van der Waals surface area contributed by atoms with Crippen LogP contribution < -0.4 is 0 Å². The Labute approximate surface area is 102 Å². The van der Waals surface area contributed by atoms with Crippen LogP contribution in [0.5, 0.6) is 0 Å². The van der Waals surface area contributed by atoms with Crippen LogP contribution in [0, 0.1) is 0 Å². The summed E-state index contributed by atoms with van der Waals surface area (Å²) in [4.78, 5) is 6.43. The molecule has 0 fully saturated rings. The van der Waals surface area contributed by atoms with Crippen molar-refractivity contribution in [2.45, 2.75) is 13.0 Å². The summed E-state index contributed by atoms with van der Waals surface area (Å²) in [7, 11) is 2.18. The highest BCUT2D eigenvalue weighted by Gasteiger charge is 2.13. The molecule has 0 N–H and O–H groups in total. The van der Waals surface area contributed by atoms with Crippen molar-refractivity contribution in [2.24, 2.45) is 0 Å². The smallest absolute Gasteiger partial charge is 0.0273 e. The van der Waals surface area contributed by atoms with E-state index in [0.717, 1.165) is 19.5 Å².